The molecule has 0 aliphatic rings. The molecule has 1 amide bonds. The van der Waals surface area contributed by atoms with Gasteiger partial charge in [0.25, 0.3) is 0 Å². The number of nitrogens with one attached hydrogen (secondary N) is 1. The molecule has 3 N–H and O–H groups in total. The zero-order valence-electron chi connectivity index (χ0n) is 10.2. The number of fused-ring (bicyclic) bond motifs is 1. The highest BCUT2D eigenvalue weighted by Crippen LogP contribution is 2.15. The third-order valence-electron chi connectivity index (χ3n) is 2.80. The van der Waals surface area contributed by atoms with Gasteiger partial charge in [0, 0.05) is 24.5 Å². The van der Waals surface area contributed by atoms with Gasteiger partial charge in [0.2, 0.25) is 5.91 Å². The summed E-state index contributed by atoms with van der Waals surface area (Å²) in [7, 11) is 0. The van der Waals surface area contributed by atoms with Crippen molar-refractivity contribution in [1.82, 2.24) is 10.3 Å². The molecule has 94 valence electrons. The van der Waals surface area contributed by atoms with Gasteiger partial charge in [0.05, 0.1) is 5.52 Å². The number of nitrogens with zero attached hydrogens (tertiary/aromatic N) is 1. The average Bonchev–Trinajstić information content (AvgIpc) is 2.42. The predicted molar refractivity (Wildman–Crippen MR) is 71.9 cm³/mol. The molecule has 0 fully saturated rings. The van der Waals surface area contributed by atoms with E-state index in [2.05, 4.69) is 10.3 Å². The average molecular weight is 243 g/mol. The zero-order valence-corrected chi connectivity index (χ0v) is 10.2. The molecule has 0 aliphatic heterocycles. The number of hydrogen-bond donors (Lipinski definition) is 2. The van der Waals surface area contributed by atoms with Gasteiger partial charge in [-0.2, -0.15) is 0 Å². The fourth-order valence-electron chi connectivity index (χ4n) is 1.85. The lowest BCUT2D eigenvalue weighted by molar-refractivity contribution is -0.121. The Morgan fingerprint density at radius 2 is 2.11 bits per heavy atom. The fourth-order valence-corrected chi connectivity index (χ4v) is 1.85. The van der Waals surface area contributed by atoms with E-state index >= 15 is 0 Å². The molecule has 2 aromatic rings. The number of hydrogen-bond acceptors (Lipinski definition) is 3. The second-order valence-corrected chi connectivity index (χ2v) is 4.16. The molecule has 4 nitrogen and oxygen atoms in total. The van der Waals surface area contributed by atoms with Crippen LogP contribution in [0.15, 0.2) is 36.5 Å². The minimum Gasteiger partial charge on any atom is -0.352 e. The minimum atomic E-state index is 0.0355. The Labute approximate surface area is 106 Å². The highest BCUT2D eigenvalue weighted by molar-refractivity contribution is 5.82. The molecule has 18 heavy (non-hydrogen) atoms. The number of amides is 1. The Morgan fingerprint density at radius 1 is 1.28 bits per heavy atom. The standard InChI is InChI=1S/C14H17N3O/c15-8-2-7-13(18)17-10-12-5-1-4-11-6-3-9-16-14(11)12/h1,3-6,9H,2,7-8,10,15H2,(H,17,18). The van der Waals surface area contributed by atoms with Crippen molar-refractivity contribution in [3.05, 3.63) is 42.1 Å². The number of carbonyl (C=O) groups is 1. The number of nitrogens with two attached hydrogens (primary N) is 1. The van der Waals surface area contributed by atoms with Crippen molar-refractivity contribution in [2.45, 2.75) is 19.4 Å². The third-order valence-corrected chi connectivity index (χ3v) is 2.80. The van der Waals surface area contributed by atoms with Crippen LogP contribution in [-0.2, 0) is 11.3 Å². The normalized spacial score (nSPS) is 10.5. The maximum atomic E-state index is 11.5. The number of carbonyl (C=O) groups excluding carboxylic acids is 1. The summed E-state index contributed by atoms with van der Waals surface area (Å²) in [6.45, 7) is 1.06. The molecule has 0 bridgehead atoms. The van der Waals surface area contributed by atoms with Crippen LogP contribution < -0.4 is 11.1 Å². The van der Waals surface area contributed by atoms with Gasteiger partial charge in [-0.3, -0.25) is 9.78 Å². The highest BCUT2D eigenvalue weighted by atomic mass is 16.1. The molecule has 0 spiro atoms. The van der Waals surface area contributed by atoms with Gasteiger partial charge in [0.1, 0.15) is 0 Å². The number of para-hydroxylation sites is 1. The lowest BCUT2D eigenvalue weighted by Crippen LogP contribution is -2.23. The Bertz CT molecular complexity index is 534. The number of aromatic nitrogens is 1. The van der Waals surface area contributed by atoms with Crippen LogP contribution >= 0.6 is 0 Å². The van der Waals surface area contributed by atoms with Crippen LogP contribution in [0.4, 0.5) is 0 Å². The van der Waals surface area contributed by atoms with Gasteiger partial charge in [0.15, 0.2) is 0 Å². The van der Waals surface area contributed by atoms with E-state index in [1.165, 1.54) is 0 Å². The van der Waals surface area contributed by atoms with E-state index in [0.29, 0.717) is 19.5 Å². The van der Waals surface area contributed by atoms with Crippen LogP contribution in [0.3, 0.4) is 0 Å². The SMILES string of the molecule is NCCCC(=O)NCc1cccc2cccnc12. The van der Waals surface area contributed by atoms with E-state index in [1.807, 2.05) is 30.3 Å². The molecule has 0 saturated heterocycles. The van der Waals surface area contributed by atoms with Crippen LogP contribution in [0.5, 0.6) is 0 Å². The highest BCUT2D eigenvalue weighted by Gasteiger charge is 2.04. The first-order valence-corrected chi connectivity index (χ1v) is 6.10. The molecular formula is C14H17N3O. The van der Waals surface area contributed by atoms with E-state index in [4.69, 9.17) is 5.73 Å². The lowest BCUT2D eigenvalue weighted by Gasteiger charge is -2.07. The molecule has 0 atom stereocenters. The smallest absolute Gasteiger partial charge is 0.220 e. The van der Waals surface area contributed by atoms with Crippen molar-refractivity contribution in [2.24, 2.45) is 5.73 Å². The molecule has 1 aromatic heterocycles. The molecular weight excluding hydrogens is 226 g/mol. The number of benzene rings is 1. The fraction of sp³-hybridized carbons (Fsp3) is 0.286. The van der Waals surface area contributed by atoms with Crippen molar-refractivity contribution in [2.75, 3.05) is 6.54 Å². The van der Waals surface area contributed by atoms with E-state index in [-0.39, 0.29) is 5.91 Å². The number of pyridine rings is 1. The molecule has 1 heterocycles. The summed E-state index contributed by atoms with van der Waals surface area (Å²) in [4.78, 5) is 15.9. The van der Waals surface area contributed by atoms with Crippen molar-refractivity contribution < 1.29 is 4.79 Å². The minimum absolute atomic E-state index is 0.0355. The van der Waals surface area contributed by atoms with E-state index in [0.717, 1.165) is 22.9 Å². The van der Waals surface area contributed by atoms with Crippen LogP contribution in [0, 0.1) is 0 Å². The van der Waals surface area contributed by atoms with Gasteiger partial charge >= 0.3 is 0 Å². The van der Waals surface area contributed by atoms with Crippen molar-refractivity contribution >= 4 is 16.8 Å². The maximum Gasteiger partial charge on any atom is 0.220 e. The third kappa shape index (κ3) is 3.05. The molecule has 0 aliphatic carbocycles. The van der Waals surface area contributed by atoms with Gasteiger partial charge in [-0.05, 0) is 24.6 Å². The summed E-state index contributed by atoms with van der Waals surface area (Å²) < 4.78 is 0. The molecule has 4 heteroatoms. The van der Waals surface area contributed by atoms with Crippen LogP contribution in [-0.4, -0.2) is 17.4 Å². The van der Waals surface area contributed by atoms with E-state index in [9.17, 15) is 4.79 Å². The second-order valence-electron chi connectivity index (χ2n) is 4.16. The van der Waals surface area contributed by atoms with Crippen LogP contribution in [0.2, 0.25) is 0 Å². The van der Waals surface area contributed by atoms with Gasteiger partial charge in [-0.1, -0.05) is 24.3 Å². The lowest BCUT2D eigenvalue weighted by atomic mass is 10.1. The second kappa shape index (κ2) is 6.12. The summed E-state index contributed by atoms with van der Waals surface area (Å²) in [6, 6.07) is 9.90. The Morgan fingerprint density at radius 3 is 2.94 bits per heavy atom. The van der Waals surface area contributed by atoms with Crippen LogP contribution in [0.25, 0.3) is 10.9 Å². The predicted octanol–water partition coefficient (Wildman–Crippen LogP) is 1.59. The van der Waals surface area contributed by atoms with E-state index in [1.54, 1.807) is 6.20 Å². The summed E-state index contributed by atoms with van der Waals surface area (Å²) in [5.41, 5.74) is 7.35. The first-order chi connectivity index (χ1) is 8.81. The summed E-state index contributed by atoms with van der Waals surface area (Å²) >= 11 is 0. The quantitative estimate of drug-likeness (QED) is 0.838. The van der Waals surface area contributed by atoms with Crippen LogP contribution in [0.1, 0.15) is 18.4 Å². The van der Waals surface area contributed by atoms with Crippen molar-refractivity contribution in [1.29, 1.82) is 0 Å². The maximum absolute atomic E-state index is 11.5. The Kier molecular flexibility index (Phi) is 4.25. The number of rotatable bonds is 5. The van der Waals surface area contributed by atoms with Gasteiger partial charge in [-0.15, -0.1) is 0 Å². The Hall–Kier alpha value is -1.94. The van der Waals surface area contributed by atoms with Crippen molar-refractivity contribution in [3.8, 4) is 0 Å². The summed E-state index contributed by atoms with van der Waals surface area (Å²) in [5, 5.41) is 3.98. The topological polar surface area (TPSA) is 68.0 Å². The van der Waals surface area contributed by atoms with Gasteiger partial charge in [-0.25, -0.2) is 0 Å². The summed E-state index contributed by atoms with van der Waals surface area (Å²) in [6.07, 6.45) is 2.97. The largest absolute Gasteiger partial charge is 0.352 e. The molecule has 0 radical (unpaired) electrons. The molecule has 0 unspecified atom stereocenters. The van der Waals surface area contributed by atoms with Crippen molar-refractivity contribution in [3.63, 3.8) is 0 Å². The Balaban J connectivity index is 2.05. The molecule has 2 rings (SSSR count). The first kappa shape index (κ1) is 12.5. The molecule has 1 aromatic carbocycles. The van der Waals surface area contributed by atoms with Gasteiger partial charge < -0.3 is 11.1 Å². The van der Waals surface area contributed by atoms with E-state index < -0.39 is 0 Å². The monoisotopic (exact) mass is 243 g/mol. The molecule has 0 saturated carbocycles. The zero-order chi connectivity index (χ0) is 12.8. The first-order valence-electron chi connectivity index (χ1n) is 6.10. The summed E-state index contributed by atoms with van der Waals surface area (Å²) in [5.74, 6) is 0.0355.